The van der Waals surface area contributed by atoms with Crippen LogP contribution in [0, 0.1) is 29.6 Å². The summed E-state index contributed by atoms with van der Waals surface area (Å²) in [5.74, 6) is 5.29. The third-order valence-corrected chi connectivity index (χ3v) is 6.82. The predicted molar refractivity (Wildman–Crippen MR) is 86.8 cm³/mol. The number of rotatable bonds is 4. The Hall–Kier alpha value is -0.820. The van der Waals surface area contributed by atoms with Crippen molar-refractivity contribution in [3.8, 4) is 0 Å². The van der Waals surface area contributed by atoms with Crippen molar-refractivity contribution >= 4 is 0 Å². The summed E-state index contributed by atoms with van der Waals surface area (Å²) < 4.78 is 0. The van der Waals surface area contributed by atoms with E-state index in [-0.39, 0.29) is 0 Å². The molecule has 1 aromatic carbocycles. The average molecular weight is 284 g/mol. The molecule has 21 heavy (non-hydrogen) atoms. The molecule has 0 heterocycles. The molecule has 2 atom stereocenters. The van der Waals surface area contributed by atoms with Crippen molar-refractivity contribution in [2.24, 2.45) is 29.6 Å². The van der Waals surface area contributed by atoms with Gasteiger partial charge in [-0.2, -0.15) is 0 Å². The molecule has 4 aliphatic carbocycles. The van der Waals surface area contributed by atoms with E-state index in [0.29, 0.717) is 6.04 Å². The molecule has 0 unspecified atom stereocenters. The minimum atomic E-state index is 0.596. The Kier molecular flexibility index (Phi) is 3.57. The van der Waals surface area contributed by atoms with Gasteiger partial charge in [-0.15, -0.1) is 0 Å². The van der Waals surface area contributed by atoms with Crippen LogP contribution < -0.4 is 5.32 Å². The molecule has 4 bridgehead atoms. The third-order valence-electron chi connectivity index (χ3n) is 6.82. The SMILES string of the molecule is C[C@H]([NH2+][C@@H](C)C1C2CC3CC(C2)CC1C3)c1ccccc1. The van der Waals surface area contributed by atoms with Gasteiger partial charge in [0.2, 0.25) is 0 Å². The molecule has 0 saturated heterocycles. The summed E-state index contributed by atoms with van der Waals surface area (Å²) >= 11 is 0. The molecule has 0 spiro atoms. The summed E-state index contributed by atoms with van der Waals surface area (Å²) in [6.45, 7) is 4.88. The van der Waals surface area contributed by atoms with Gasteiger partial charge in [-0.3, -0.25) is 0 Å². The second kappa shape index (κ2) is 5.43. The summed E-state index contributed by atoms with van der Waals surface area (Å²) in [6, 6.07) is 12.4. The van der Waals surface area contributed by atoms with Gasteiger partial charge >= 0.3 is 0 Å². The Balaban J connectivity index is 1.44. The zero-order valence-corrected chi connectivity index (χ0v) is 13.5. The maximum Gasteiger partial charge on any atom is 0.109 e. The van der Waals surface area contributed by atoms with Crippen LogP contribution in [-0.4, -0.2) is 6.04 Å². The van der Waals surface area contributed by atoms with Crippen molar-refractivity contribution in [3.63, 3.8) is 0 Å². The first kappa shape index (κ1) is 13.8. The smallest absolute Gasteiger partial charge is 0.109 e. The zero-order valence-electron chi connectivity index (χ0n) is 13.5. The van der Waals surface area contributed by atoms with E-state index in [1.54, 1.807) is 32.1 Å². The van der Waals surface area contributed by atoms with Crippen LogP contribution >= 0.6 is 0 Å². The van der Waals surface area contributed by atoms with Gasteiger partial charge in [0.05, 0.1) is 6.04 Å². The maximum absolute atomic E-state index is 2.66. The number of benzene rings is 1. The van der Waals surface area contributed by atoms with Crippen LogP contribution in [0.15, 0.2) is 30.3 Å². The van der Waals surface area contributed by atoms with Gasteiger partial charge in [0.15, 0.2) is 0 Å². The van der Waals surface area contributed by atoms with E-state index in [4.69, 9.17) is 0 Å². The topological polar surface area (TPSA) is 16.6 Å². The third kappa shape index (κ3) is 2.54. The van der Waals surface area contributed by atoms with Gasteiger partial charge < -0.3 is 5.32 Å². The molecular formula is C20H30N+. The van der Waals surface area contributed by atoms with Crippen LogP contribution in [0.4, 0.5) is 0 Å². The Morgan fingerprint density at radius 3 is 2.00 bits per heavy atom. The molecule has 0 radical (unpaired) electrons. The molecule has 2 N–H and O–H groups in total. The van der Waals surface area contributed by atoms with Crippen molar-refractivity contribution in [1.29, 1.82) is 0 Å². The van der Waals surface area contributed by atoms with E-state index >= 15 is 0 Å². The summed E-state index contributed by atoms with van der Waals surface area (Å²) in [6.07, 6.45) is 7.77. The molecule has 114 valence electrons. The molecule has 4 aliphatic rings. The molecule has 1 nitrogen and oxygen atoms in total. The van der Waals surface area contributed by atoms with Crippen LogP contribution in [0.1, 0.15) is 57.6 Å². The van der Waals surface area contributed by atoms with E-state index in [1.165, 1.54) is 5.56 Å². The molecule has 0 amide bonds. The van der Waals surface area contributed by atoms with Crippen molar-refractivity contribution in [2.75, 3.05) is 0 Å². The molecule has 0 aliphatic heterocycles. The van der Waals surface area contributed by atoms with Gasteiger partial charge in [-0.25, -0.2) is 0 Å². The Bertz CT molecular complexity index is 452. The molecule has 1 aromatic rings. The van der Waals surface area contributed by atoms with Gasteiger partial charge in [-0.1, -0.05) is 30.3 Å². The summed E-state index contributed by atoms with van der Waals surface area (Å²) in [4.78, 5) is 0. The lowest BCUT2D eigenvalue weighted by molar-refractivity contribution is -0.731. The highest BCUT2D eigenvalue weighted by molar-refractivity contribution is 5.16. The second-order valence-corrected chi connectivity index (χ2v) is 8.26. The van der Waals surface area contributed by atoms with E-state index in [1.807, 2.05) is 0 Å². The Morgan fingerprint density at radius 2 is 1.43 bits per heavy atom. The number of quaternary nitrogens is 1. The standard InChI is InChI=1S/C20H29N/c1-13(17-6-4-3-5-7-17)21-14(2)20-18-9-15-8-16(11-18)12-19(20)10-15/h3-7,13-16,18-21H,8-12H2,1-2H3/p+1/t13-,14-,15?,16?,18?,19?,20?/m0/s1. The fourth-order valence-corrected chi connectivity index (χ4v) is 6.28. The summed E-state index contributed by atoms with van der Waals surface area (Å²) in [5, 5.41) is 2.66. The highest BCUT2D eigenvalue weighted by Gasteiger charge is 2.50. The van der Waals surface area contributed by atoms with Crippen molar-refractivity contribution in [3.05, 3.63) is 35.9 Å². The van der Waals surface area contributed by atoms with E-state index in [9.17, 15) is 0 Å². The van der Waals surface area contributed by atoms with E-state index in [0.717, 1.165) is 35.6 Å². The quantitative estimate of drug-likeness (QED) is 0.867. The monoisotopic (exact) mass is 284 g/mol. The van der Waals surface area contributed by atoms with Crippen LogP contribution in [0.5, 0.6) is 0 Å². The number of hydrogen-bond donors (Lipinski definition) is 1. The first-order valence-electron chi connectivity index (χ1n) is 9.10. The van der Waals surface area contributed by atoms with E-state index < -0.39 is 0 Å². The van der Waals surface area contributed by atoms with Gasteiger partial charge in [0.1, 0.15) is 6.04 Å². The predicted octanol–water partition coefficient (Wildman–Crippen LogP) is 3.77. The lowest BCUT2D eigenvalue weighted by atomic mass is 9.50. The van der Waals surface area contributed by atoms with Crippen LogP contribution in [0.25, 0.3) is 0 Å². The summed E-state index contributed by atoms with van der Waals surface area (Å²) in [7, 11) is 0. The number of nitrogens with two attached hydrogens (primary N) is 1. The van der Waals surface area contributed by atoms with Crippen LogP contribution in [0.3, 0.4) is 0 Å². The van der Waals surface area contributed by atoms with Crippen molar-refractivity contribution in [1.82, 2.24) is 0 Å². The van der Waals surface area contributed by atoms with Gasteiger partial charge in [0.25, 0.3) is 0 Å². The lowest BCUT2D eigenvalue weighted by Gasteiger charge is -2.55. The fourth-order valence-electron chi connectivity index (χ4n) is 6.28. The second-order valence-electron chi connectivity index (χ2n) is 8.26. The highest BCUT2D eigenvalue weighted by atomic mass is 15.0. The van der Waals surface area contributed by atoms with Gasteiger partial charge in [-0.05, 0) is 69.6 Å². The van der Waals surface area contributed by atoms with Crippen LogP contribution in [0.2, 0.25) is 0 Å². The first-order chi connectivity index (χ1) is 10.2. The maximum atomic E-state index is 2.66. The lowest BCUT2D eigenvalue weighted by Crippen LogP contribution is -2.92. The number of hydrogen-bond acceptors (Lipinski definition) is 0. The average Bonchev–Trinajstić information content (AvgIpc) is 2.47. The molecule has 0 aromatic heterocycles. The fraction of sp³-hybridized carbons (Fsp3) is 0.700. The Morgan fingerprint density at radius 1 is 0.857 bits per heavy atom. The van der Waals surface area contributed by atoms with Crippen molar-refractivity contribution in [2.45, 2.75) is 58.0 Å². The molecule has 5 rings (SSSR count). The molecule has 4 saturated carbocycles. The Labute approximate surface area is 129 Å². The van der Waals surface area contributed by atoms with Gasteiger partial charge in [0, 0.05) is 11.5 Å². The van der Waals surface area contributed by atoms with E-state index in [2.05, 4.69) is 49.5 Å². The normalized spacial score (nSPS) is 40.2. The zero-order chi connectivity index (χ0) is 14.4. The van der Waals surface area contributed by atoms with Crippen LogP contribution in [-0.2, 0) is 0 Å². The highest BCUT2D eigenvalue weighted by Crippen LogP contribution is 2.57. The van der Waals surface area contributed by atoms with Crippen molar-refractivity contribution < 1.29 is 5.32 Å². The molecule has 4 fully saturated rings. The largest absolute Gasteiger partial charge is 0.338 e. The summed E-state index contributed by atoms with van der Waals surface area (Å²) in [5.41, 5.74) is 1.48. The molecule has 1 heteroatoms. The minimum Gasteiger partial charge on any atom is -0.338 e. The minimum absolute atomic E-state index is 0.596. The first-order valence-corrected chi connectivity index (χ1v) is 9.10. The molecular weight excluding hydrogens is 254 g/mol.